The summed E-state index contributed by atoms with van der Waals surface area (Å²) in [6.45, 7) is 1.83. The first kappa shape index (κ1) is 24.6. The van der Waals surface area contributed by atoms with Crippen molar-refractivity contribution in [3.05, 3.63) is 48.3 Å². The molecule has 0 bridgehead atoms. The second-order valence-electron chi connectivity index (χ2n) is 7.45. The van der Waals surface area contributed by atoms with Crippen molar-refractivity contribution in [2.75, 3.05) is 40.1 Å². The molecular weight excluding hydrogens is 517 g/mol. The lowest BCUT2D eigenvalue weighted by Gasteiger charge is -2.36. The Kier molecular flexibility index (Phi) is 8.68. The normalized spacial score (nSPS) is 16.6. The van der Waals surface area contributed by atoms with Crippen LogP contribution in [0.1, 0.15) is 18.4 Å². The van der Waals surface area contributed by atoms with Gasteiger partial charge in [0.2, 0.25) is 0 Å². The molecule has 1 fully saturated rings. The number of ether oxygens (including phenoxy) is 1. The van der Waals surface area contributed by atoms with Gasteiger partial charge in [0.1, 0.15) is 0 Å². The lowest BCUT2D eigenvalue weighted by Crippen LogP contribution is -2.53. The summed E-state index contributed by atoms with van der Waals surface area (Å²) in [4.78, 5) is 6.28. The number of nitrogens with one attached hydrogen (secondary N) is 1. The molecule has 1 aromatic heterocycles. The highest BCUT2D eigenvalue weighted by atomic mass is 127. The number of hydrogen-bond donors (Lipinski definition) is 1. The molecule has 1 aliphatic heterocycles. The van der Waals surface area contributed by atoms with E-state index in [1.807, 2.05) is 59.4 Å². The van der Waals surface area contributed by atoms with E-state index in [9.17, 15) is 8.42 Å². The number of aromatic nitrogens is 2. The standard InChI is InChI=1S/C20H29N5O3S.HI/c1-21-19(22-16-20(29(3,26)27)9-11-28-12-10-20)24(2)14-17-13-23-25(15-17)18-7-5-4-6-8-18;/h4-8,13,15H,9-12,14,16H2,1-3H3,(H,21,22);1H. The fourth-order valence-corrected chi connectivity index (χ4v) is 4.80. The molecule has 1 aliphatic rings. The van der Waals surface area contributed by atoms with E-state index in [0.717, 1.165) is 11.3 Å². The molecule has 1 aromatic carbocycles. The second-order valence-corrected chi connectivity index (χ2v) is 9.86. The van der Waals surface area contributed by atoms with Crippen molar-refractivity contribution in [3.8, 4) is 5.69 Å². The lowest BCUT2D eigenvalue weighted by molar-refractivity contribution is 0.0755. The average Bonchev–Trinajstić information content (AvgIpc) is 3.17. The predicted molar refractivity (Wildman–Crippen MR) is 129 cm³/mol. The van der Waals surface area contributed by atoms with Crippen LogP contribution in [0, 0.1) is 0 Å². The number of nitrogens with zero attached hydrogens (tertiary/aromatic N) is 4. The molecule has 8 nitrogen and oxygen atoms in total. The first-order valence-corrected chi connectivity index (χ1v) is 11.5. The maximum absolute atomic E-state index is 12.4. The number of sulfone groups is 1. The van der Waals surface area contributed by atoms with Crippen LogP contribution >= 0.6 is 24.0 Å². The minimum atomic E-state index is -3.23. The van der Waals surface area contributed by atoms with Gasteiger partial charge in [0.15, 0.2) is 15.8 Å². The molecular formula is C20H30IN5O3S. The van der Waals surface area contributed by atoms with Gasteiger partial charge >= 0.3 is 0 Å². The van der Waals surface area contributed by atoms with Crippen LogP contribution in [-0.4, -0.2) is 73.9 Å². The lowest BCUT2D eigenvalue weighted by atomic mass is 9.99. The molecule has 3 rings (SSSR count). The Morgan fingerprint density at radius 1 is 1.30 bits per heavy atom. The Bertz CT molecular complexity index is 940. The van der Waals surface area contributed by atoms with Gasteiger partial charge in [-0.1, -0.05) is 18.2 Å². The fraction of sp³-hybridized carbons (Fsp3) is 0.500. The summed E-state index contributed by atoms with van der Waals surface area (Å²) in [5, 5.41) is 7.68. The first-order chi connectivity index (χ1) is 13.8. The summed E-state index contributed by atoms with van der Waals surface area (Å²) in [6, 6.07) is 9.92. The second kappa shape index (κ2) is 10.6. The largest absolute Gasteiger partial charge is 0.381 e. The van der Waals surface area contributed by atoms with Crippen molar-refractivity contribution >= 4 is 39.8 Å². The van der Waals surface area contributed by atoms with Gasteiger partial charge in [-0.3, -0.25) is 4.99 Å². The SMILES string of the molecule is CN=C(NCC1(S(C)(=O)=O)CCOCC1)N(C)Cc1cnn(-c2ccccc2)c1.I. The van der Waals surface area contributed by atoms with E-state index in [4.69, 9.17) is 4.74 Å². The molecule has 10 heteroatoms. The summed E-state index contributed by atoms with van der Waals surface area (Å²) in [5.41, 5.74) is 2.03. The highest BCUT2D eigenvalue weighted by Gasteiger charge is 2.42. The molecule has 0 aliphatic carbocycles. The van der Waals surface area contributed by atoms with Crippen LogP contribution in [0.3, 0.4) is 0 Å². The summed E-state index contributed by atoms with van der Waals surface area (Å²) >= 11 is 0. The average molecular weight is 547 g/mol. The summed E-state index contributed by atoms with van der Waals surface area (Å²) < 4.78 is 31.3. The van der Waals surface area contributed by atoms with Gasteiger partial charge in [0, 0.05) is 58.4 Å². The third kappa shape index (κ3) is 5.73. The van der Waals surface area contributed by atoms with Gasteiger partial charge in [-0.25, -0.2) is 13.1 Å². The van der Waals surface area contributed by atoms with Gasteiger partial charge in [0.25, 0.3) is 0 Å². The van der Waals surface area contributed by atoms with Gasteiger partial charge in [-0.05, 0) is 25.0 Å². The Hall–Kier alpha value is -1.66. The van der Waals surface area contributed by atoms with E-state index in [1.54, 1.807) is 7.05 Å². The quantitative estimate of drug-likeness (QED) is 0.339. The number of aliphatic imine (C=N–C) groups is 1. The van der Waals surface area contributed by atoms with Crippen molar-refractivity contribution < 1.29 is 13.2 Å². The van der Waals surface area contributed by atoms with Gasteiger partial charge in [-0.2, -0.15) is 5.10 Å². The van der Waals surface area contributed by atoms with Crippen molar-refractivity contribution in [3.63, 3.8) is 0 Å². The molecule has 0 spiro atoms. The summed E-state index contributed by atoms with van der Waals surface area (Å²) in [5.74, 6) is 0.645. The fourth-order valence-electron chi connectivity index (χ4n) is 3.56. The maximum atomic E-state index is 12.4. The van der Waals surface area contributed by atoms with Crippen LogP contribution in [0.5, 0.6) is 0 Å². The molecule has 166 valence electrons. The molecule has 0 atom stereocenters. The third-order valence-corrected chi connectivity index (χ3v) is 7.53. The number of para-hydroxylation sites is 1. The number of hydrogen-bond acceptors (Lipinski definition) is 5. The van der Waals surface area contributed by atoms with Gasteiger partial charge < -0.3 is 15.0 Å². The Morgan fingerprint density at radius 3 is 2.57 bits per heavy atom. The number of benzene rings is 1. The summed E-state index contributed by atoms with van der Waals surface area (Å²) in [6.07, 6.45) is 6.10. The smallest absolute Gasteiger partial charge is 0.193 e. The van der Waals surface area contributed by atoms with Crippen molar-refractivity contribution in [2.24, 2.45) is 4.99 Å². The number of guanidine groups is 1. The Labute approximate surface area is 195 Å². The maximum Gasteiger partial charge on any atom is 0.193 e. The van der Waals surface area contributed by atoms with E-state index < -0.39 is 14.6 Å². The van der Waals surface area contributed by atoms with Crippen LogP contribution in [0.2, 0.25) is 0 Å². The number of halogens is 1. The number of rotatable bonds is 6. The molecule has 1 N–H and O–H groups in total. The third-order valence-electron chi connectivity index (χ3n) is 5.41. The molecule has 0 saturated carbocycles. The van der Waals surface area contributed by atoms with E-state index in [2.05, 4.69) is 15.4 Å². The monoisotopic (exact) mass is 547 g/mol. The molecule has 0 radical (unpaired) electrons. The van der Waals surface area contributed by atoms with E-state index in [1.165, 1.54) is 6.26 Å². The van der Waals surface area contributed by atoms with Gasteiger partial charge in [0.05, 0.1) is 16.6 Å². The zero-order chi connectivity index (χ0) is 20.9. The first-order valence-electron chi connectivity index (χ1n) is 9.63. The molecule has 30 heavy (non-hydrogen) atoms. The molecule has 2 heterocycles. The predicted octanol–water partition coefficient (Wildman–Crippen LogP) is 2.09. The Balaban J connectivity index is 0.00000320. The zero-order valence-electron chi connectivity index (χ0n) is 17.6. The van der Waals surface area contributed by atoms with Crippen LogP contribution in [0.15, 0.2) is 47.7 Å². The molecule has 0 amide bonds. The molecule has 2 aromatic rings. The summed E-state index contributed by atoms with van der Waals surface area (Å²) in [7, 11) is 0.388. The zero-order valence-corrected chi connectivity index (χ0v) is 20.8. The van der Waals surface area contributed by atoms with Gasteiger partial charge in [-0.15, -0.1) is 24.0 Å². The molecule has 1 saturated heterocycles. The topological polar surface area (TPSA) is 88.8 Å². The van der Waals surface area contributed by atoms with Crippen molar-refractivity contribution in [2.45, 2.75) is 24.1 Å². The van der Waals surface area contributed by atoms with Crippen LogP contribution in [0.25, 0.3) is 5.69 Å². The van der Waals surface area contributed by atoms with E-state index in [-0.39, 0.29) is 24.0 Å². The molecule has 0 unspecified atom stereocenters. The van der Waals surface area contributed by atoms with Crippen molar-refractivity contribution in [1.82, 2.24) is 20.0 Å². The minimum Gasteiger partial charge on any atom is -0.381 e. The Morgan fingerprint density at radius 2 is 1.97 bits per heavy atom. The highest BCUT2D eigenvalue weighted by molar-refractivity contribution is 14.0. The van der Waals surface area contributed by atoms with Crippen LogP contribution in [-0.2, 0) is 21.1 Å². The van der Waals surface area contributed by atoms with E-state index in [0.29, 0.717) is 45.1 Å². The van der Waals surface area contributed by atoms with Crippen LogP contribution < -0.4 is 5.32 Å². The van der Waals surface area contributed by atoms with E-state index >= 15 is 0 Å². The minimum absolute atomic E-state index is 0. The van der Waals surface area contributed by atoms with Crippen LogP contribution in [0.4, 0.5) is 0 Å². The van der Waals surface area contributed by atoms with Crippen molar-refractivity contribution in [1.29, 1.82) is 0 Å². The highest BCUT2D eigenvalue weighted by Crippen LogP contribution is 2.28.